The van der Waals surface area contributed by atoms with Crippen LogP contribution in [0.1, 0.15) is 73.1 Å². The van der Waals surface area contributed by atoms with Gasteiger partial charge in [0.2, 0.25) is 0 Å². The van der Waals surface area contributed by atoms with Gasteiger partial charge in [0.25, 0.3) is 0 Å². The molecule has 4 aliphatic rings. The maximum absolute atomic E-state index is 13.2. The Balaban J connectivity index is 1.79. The lowest BCUT2D eigenvalue weighted by Gasteiger charge is -2.61. The van der Waals surface area contributed by atoms with Gasteiger partial charge < -0.3 is 4.74 Å². The van der Waals surface area contributed by atoms with Gasteiger partial charge in [0.05, 0.1) is 17.6 Å². The predicted molar refractivity (Wildman–Crippen MR) is 117 cm³/mol. The van der Waals surface area contributed by atoms with Gasteiger partial charge in [-0.1, -0.05) is 41.0 Å². The molecule has 0 radical (unpaired) electrons. The molecule has 4 rings (SSSR count). The smallest absolute Gasteiger partial charge is 0.309 e. The molecule has 3 saturated carbocycles. The second-order valence-electron chi connectivity index (χ2n) is 11.2. The fourth-order valence-electron chi connectivity index (χ4n) is 8.44. The molecule has 27 heavy (non-hydrogen) atoms. The van der Waals surface area contributed by atoms with Gasteiger partial charge in [0, 0.05) is 16.9 Å². The molecule has 1 aliphatic heterocycles. The van der Waals surface area contributed by atoms with Gasteiger partial charge in [-0.05, 0) is 60.2 Å². The summed E-state index contributed by atoms with van der Waals surface area (Å²) < 4.78 is 6.00. The molecule has 0 amide bonds. The minimum atomic E-state index is 0.0471. The molecule has 3 aliphatic carbocycles. The van der Waals surface area contributed by atoms with E-state index in [2.05, 4.69) is 58.1 Å². The number of methoxy groups -OCH3 is 1. The summed E-state index contributed by atoms with van der Waals surface area (Å²) in [4.78, 5) is 13.2. The topological polar surface area (TPSA) is 26.3 Å². The number of hydrogen-bond donors (Lipinski definition) is 0. The van der Waals surface area contributed by atoms with Crippen molar-refractivity contribution in [1.29, 1.82) is 0 Å². The maximum Gasteiger partial charge on any atom is 0.309 e. The molecule has 0 bridgehead atoms. The number of ether oxygens (including phenoxy) is 1. The van der Waals surface area contributed by atoms with Gasteiger partial charge >= 0.3 is 5.97 Å². The highest BCUT2D eigenvalue weighted by atomic mass is 32.2. The summed E-state index contributed by atoms with van der Waals surface area (Å²) in [7, 11) is 1.60. The van der Waals surface area contributed by atoms with Crippen LogP contribution in [-0.2, 0) is 9.53 Å². The summed E-state index contributed by atoms with van der Waals surface area (Å²) in [6.07, 6.45) is 7.74. The van der Waals surface area contributed by atoms with Crippen LogP contribution >= 0.6 is 23.5 Å². The first-order valence-corrected chi connectivity index (χ1v) is 13.0. The van der Waals surface area contributed by atoms with Gasteiger partial charge in [-0.2, -0.15) is 0 Å². The lowest BCUT2D eigenvalue weighted by atomic mass is 9.43. The number of fused-ring (bicyclic) bond motifs is 3. The molecule has 4 heteroatoms. The van der Waals surface area contributed by atoms with Crippen LogP contribution < -0.4 is 0 Å². The molecular weight excluding hydrogens is 372 g/mol. The molecule has 154 valence electrons. The molecule has 1 saturated heterocycles. The monoisotopic (exact) mass is 410 g/mol. The van der Waals surface area contributed by atoms with E-state index in [4.69, 9.17) is 4.74 Å². The van der Waals surface area contributed by atoms with Crippen LogP contribution in [0.4, 0.5) is 0 Å². The quantitative estimate of drug-likeness (QED) is 0.503. The van der Waals surface area contributed by atoms with E-state index in [1.165, 1.54) is 50.0 Å². The molecule has 4 fully saturated rings. The Kier molecular flexibility index (Phi) is 4.99. The number of thioether (sulfide) groups is 2. The van der Waals surface area contributed by atoms with E-state index in [-0.39, 0.29) is 22.7 Å². The highest BCUT2D eigenvalue weighted by Crippen LogP contribution is 2.75. The van der Waals surface area contributed by atoms with Crippen molar-refractivity contribution in [3.05, 3.63) is 0 Å². The average Bonchev–Trinajstić information content (AvgIpc) is 3.20. The van der Waals surface area contributed by atoms with Gasteiger partial charge in [-0.3, -0.25) is 4.79 Å². The number of rotatable bonds is 2. The lowest BCUT2D eigenvalue weighted by Crippen LogP contribution is -2.55. The summed E-state index contributed by atoms with van der Waals surface area (Å²) in [5.74, 6) is 4.00. The van der Waals surface area contributed by atoms with Gasteiger partial charge in [-0.15, -0.1) is 23.5 Å². The summed E-state index contributed by atoms with van der Waals surface area (Å²) >= 11 is 4.20. The van der Waals surface area contributed by atoms with E-state index in [0.29, 0.717) is 21.3 Å². The molecule has 2 nitrogen and oxygen atoms in total. The van der Waals surface area contributed by atoms with Gasteiger partial charge in [-0.25, -0.2) is 0 Å². The first kappa shape index (κ1) is 20.4. The second kappa shape index (κ2) is 6.59. The zero-order chi connectivity index (χ0) is 19.7. The van der Waals surface area contributed by atoms with Gasteiger partial charge in [0.15, 0.2) is 0 Å². The number of carbonyl (C=O) groups excluding carboxylic acids is 1. The molecule has 6 atom stereocenters. The normalized spacial score (nSPS) is 49.5. The van der Waals surface area contributed by atoms with Crippen molar-refractivity contribution in [2.24, 2.45) is 39.4 Å². The molecule has 0 aromatic rings. The van der Waals surface area contributed by atoms with E-state index < -0.39 is 0 Å². The third kappa shape index (κ3) is 2.78. The van der Waals surface area contributed by atoms with E-state index in [1.54, 1.807) is 7.11 Å². The molecule has 0 aromatic heterocycles. The van der Waals surface area contributed by atoms with Crippen LogP contribution in [0.5, 0.6) is 0 Å². The molecule has 0 N–H and O–H groups in total. The van der Waals surface area contributed by atoms with Crippen LogP contribution in [-0.4, -0.2) is 29.2 Å². The second-order valence-corrected chi connectivity index (χ2v) is 14.0. The lowest BCUT2D eigenvalue weighted by molar-refractivity contribution is -0.162. The SMILES string of the molecule is COC(=O)[C@@H]1[C@@](C)(C2SCCS2)CC2[C@@]3(C)CCCC(C)(C)C3CC[C@]21C. The van der Waals surface area contributed by atoms with Crippen molar-refractivity contribution < 1.29 is 9.53 Å². The Morgan fingerprint density at radius 2 is 1.56 bits per heavy atom. The summed E-state index contributed by atoms with van der Waals surface area (Å²) in [6, 6.07) is 0. The zero-order valence-corrected chi connectivity index (χ0v) is 19.7. The fourth-order valence-corrected chi connectivity index (χ4v) is 11.8. The Hall–Kier alpha value is 0.170. The third-order valence-corrected chi connectivity index (χ3v) is 13.0. The third-order valence-electron chi connectivity index (χ3n) is 9.40. The van der Waals surface area contributed by atoms with Crippen molar-refractivity contribution >= 4 is 29.5 Å². The Bertz CT molecular complexity index is 613. The zero-order valence-electron chi connectivity index (χ0n) is 18.1. The average molecular weight is 411 g/mol. The number of carbonyl (C=O) groups is 1. The first-order chi connectivity index (χ1) is 12.6. The molecule has 1 heterocycles. The van der Waals surface area contributed by atoms with Gasteiger partial charge in [0.1, 0.15) is 0 Å². The van der Waals surface area contributed by atoms with Crippen molar-refractivity contribution in [2.75, 3.05) is 18.6 Å². The largest absolute Gasteiger partial charge is 0.469 e. The Morgan fingerprint density at radius 1 is 0.889 bits per heavy atom. The van der Waals surface area contributed by atoms with Crippen LogP contribution in [0, 0.1) is 39.4 Å². The van der Waals surface area contributed by atoms with Crippen LogP contribution in [0.25, 0.3) is 0 Å². The number of hydrogen-bond acceptors (Lipinski definition) is 4. The Morgan fingerprint density at radius 3 is 2.19 bits per heavy atom. The van der Waals surface area contributed by atoms with Crippen molar-refractivity contribution in [3.63, 3.8) is 0 Å². The fraction of sp³-hybridized carbons (Fsp3) is 0.957. The molecule has 0 aromatic carbocycles. The summed E-state index contributed by atoms with van der Waals surface area (Å²) in [6.45, 7) is 12.5. The highest BCUT2D eigenvalue weighted by molar-refractivity contribution is 8.20. The summed E-state index contributed by atoms with van der Waals surface area (Å²) in [5, 5.41) is 0. The number of esters is 1. The Labute approximate surface area is 174 Å². The minimum Gasteiger partial charge on any atom is -0.469 e. The van der Waals surface area contributed by atoms with E-state index in [0.717, 1.165) is 5.92 Å². The van der Waals surface area contributed by atoms with Crippen LogP contribution in [0.15, 0.2) is 0 Å². The van der Waals surface area contributed by atoms with E-state index in [1.807, 2.05) is 0 Å². The van der Waals surface area contributed by atoms with Crippen LogP contribution in [0.2, 0.25) is 0 Å². The maximum atomic E-state index is 13.2. The summed E-state index contributed by atoms with van der Waals surface area (Å²) in [5.41, 5.74) is 0.944. The van der Waals surface area contributed by atoms with Crippen molar-refractivity contribution in [3.8, 4) is 0 Å². The van der Waals surface area contributed by atoms with Crippen molar-refractivity contribution in [2.45, 2.75) is 77.7 Å². The molecule has 0 spiro atoms. The standard InChI is InChI=1S/C23H38O2S2/c1-20(2)9-7-10-21(3)15(20)8-11-22(4)16(21)14-23(5,17(22)18(24)25-6)19-26-12-13-27-19/h15-17,19H,7-14H2,1-6H3/t15?,16?,17-,21-,22+,23-/m0/s1. The van der Waals surface area contributed by atoms with E-state index >= 15 is 0 Å². The highest BCUT2D eigenvalue weighted by Gasteiger charge is 2.70. The van der Waals surface area contributed by atoms with Crippen LogP contribution in [0.3, 0.4) is 0 Å². The minimum absolute atomic E-state index is 0.0471. The van der Waals surface area contributed by atoms with E-state index in [9.17, 15) is 4.79 Å². The predicted octanol–water partition coefficient (Wildman–Crippen LogP) is 6.24. The molecular formula is C23H38O2S2. The van der Waals surface area contributed by atoms with Crippen molar-refractivity contribution in [1.82, 2.24) is 0 Å². The first-order valence-electron chi connectivity index (χ1n) is 10.9. The molecule has 2 unspecified atom stereocenters.